The summed E-state index contributed by atoms with van der Waals surface area (Å²) in [6.07, 6.45) is -3.19. The molecule has 1 aromatic rings. The van der Waals surface area contributed by atoms with Crippen LogP contribution >= 0.6 is 0 Å². The molecule has 0 spiro atoms. The molecule has 0 bridgehead atoms. The molecule has 0 amide bonds. The van der Waals surface area contributed by atoms with Crippen molar-refractivity contribution in [2.45, 2.75) is 24.6 Å². The van der Waals surface area contributed by atoms with Crippen LogP contribution in [0.1, 0.15) is 11.9 Å². The number of nitrogens with zero attached hydrogens (tertiary/aromatic N) is 3. The van der Waals surface area contributed by atoms with Gasteiger partial charge in [0.05, 0.1) is 19.4 Å². The summed E-state index contributed by atoms with van der Waals surface area (Å²) < 4.78 is 38.7. The van der Waals surface area contributed by atoms with Crippen LogP contribution in [0, 0.1) is 0 Å². The van der Waals surface area contributed by atoms with Gasteiger partial charge in [0.2, 0.25) is 0 Å². The highest BCUT2D eigenvalue weighted by Gasteiger charge is 2.38. The number of benzene rings is 1. The fourth-order valence-corrected chi connectivity index (χ4v) is 2.82. The maximum atomic E-state index is 11.4. The van der Waals surface area contributed by atoms with Gasteiger partial charge in [-0.05, 0) is 5.53 Å². The number of ether oxygens (including phenoxy) is 2. The number of aliphatic hydroxyl groups excluding tert-OH is 1. The van der Waals surface area contributed by atoms with Gasteiger partial charge in [-0.25, -0.2) is 0 Å². The summed E-state index contributed by atoms with van der Waals surface area (Å²) in [5, 5.41) is 13.4. The van der Waals surface area contributed by atoms with Crippen LogP contribution in [0.3, 0.4) is 0 Å². The van der Waals surface area contributed by atoms with Gasteiger partial charge in [0.1, 0.15) is 18.3 Å². The standard InChI is InChI=1S/C13H17N3O6S/c1-23(18,19)22-11(7-15-16-14)12-10(17)8-20-13(21-12)9-5-3-2-4-6-9/h2-6,10-13,17H,7-8H2,1H3/t10?,11-,12-,13?/m1/s1. The Bertz CT molecular complexity index is 662. The van der Waals surface area contributed by atoms with Crippen molar-refractivity contribution in [3.63, 3.8) is 0 Å². The van der Waals surface area contributed by atoms with Gasteiger partial charge in [0.15, 0.2) is 6.29 Å². The zero-order valence-corrected chi connectivity index (χ0v) is 13.2. The number of aliphatic hydroxyl groups is 1. The van der Waals surface area contributed by atoms with Crippen LogP contribution in [0.4, 0.5) is 0 Å². The highest BCUT2D eigenvalue weighted by Crippen LogP contribution is 2.29. The second-order valence-electron chi connectivity index (χ2n) is 5.00. The average Bonchev–Trinajstić information content (AvgIpc) is 2.52. The maximum Gasteiger partial charge on any atom is 0.264 e. The minimum Gasteiger partial charge on any atom is -0.388 e. The van der Waals surface area contributed by atoms with Crippen LogP contribution in [-0.2, 0) is 23.8 Å². The zero-order chi connectivity index (χ0) is 16.9. The second kappa shape index (κ2) is 7.73. The molecule has 1 aromatic carbocycles. The van der Waals surface area contributed by atoms with Crippen molar-refractivity contribution < 1.29 is 27.2 Å². The van der Waals surface area contributed by atoms with E-state index in [1.54, 1.807) is 24.3 Å². The Morgan fingerprint density at radius 1 is 1.48 bits per heavy atom. The number of hydrogen-bond donors (Lipinski definition) is 1. The lowest BCUT2D eigenvalue weighted by Gasteiger charge is -2.37. The van der Waals surface area contributed by atoms with Crippen molar-refractivity contribution in [2.24, 2.45) is 5.11 Å². The van der Waals surface area contributed by atoms with Gasteiger partial charge < -0.3 is 14.6 Å². The van der Waals surface area contributed by atoms with Crippen LogP contribution in [0.2, 0.25) is 0 Å². The maximum absolute atomic E-state index is 11.4. The molecule has 0 saturated carbocycles. The highest BCUT2D eigenvalue weighted by atomic mass is 32.2. The van der Waals surface area contributed by atoms with E-state index in [2.05, 4.69) is 10.0 Å². The Morgan fingerprint density at radius 3 is 2.78 bits per heavy atom. The van der Waals surface area contributed by atoms with Gasteiger partial charge in [-0.1, -0.05) is 35.4 Å². The van der Waals surface area contributed by atoms with Gasteiger partial charge in [0, 0.05) is 10.5 Å². The fourth-order valence-electron chi connectivity index (χ4n) is 2.20. The Hall–Kier alpha value is -1.68. The van der Waals surface area contributed by atoms with E-state index in [1.807, 2.05) is 6.07 Å². The Balaban J connectivity index is 2.19. The quantitative estimate of drug-likeness (QED) is 0.356. The first kappa shape index (κ1) is 17.7. The minimum atomic E-state index is -3.82. The molecule has 1 aliphatic heterocycles. The van der Waals surface area contributed by atoms with E-state index in [0.29, 0.717) is 5.56 Å². The molecule has 1 aliphatic rings. The molecule has 1 heterocycles. The summed E-state index contributed by atoms with van der Waals surface area (Å²) in [7, 11) is -3.82. The van der Waals surface area contributed by atoms with Crippen molar-refractivity contribution in [3.05, 3.63) is 46.3 Å². The largest absolute Gasteiger partial charge is 0.388 e. The van der Waals surface area contributed by atoms with Crippen LogP contribution < -0.4 is 0 Å². The van der Waals surface area contributed by atoms with E-state index < -0.39 is 34.7 Å². The lowest BCUT2D eigenvalue weighted by atomic mass is 10.1. The Labute approximate surface area is 133 Å². The first-order valence-electron chi connectivity index (χ1n) is 6.80. The smallest absolute Gasteiger partial charge is 0.264 e. The predicted octanol–water partition coefficient (Wildman–Crippen LogP) is 1.12. The number of hydrogen-bond acceptors (Lipinski definition) is 7. The number of azide groups is 1. The van der Waals surface area contributed by atoms with Crippen LogP contribution in [0.5, 0.6) is 0 Å². The molecular formula is C13H17N3O6S. The first-order chi connectivity index (χ1) is 10.9. The summed E-state index contributed by atoms with van der Waals surface area (Å²) in [4.78, 5) is 2.58. The molecule has 1 fully saturated rings. The average molecular weight is 343 g/mol. The molecule has 0 aliphatic carbocycles. The molecule has 1 N–H and O–H groups in total. The van der Waals surface area contributed by atoms with Crippen molar-refractivity contribution in [2.75, 3.05) is 19.4 Å². The van der Waals surface area contributed by atoms with Crippen molar-refractivity contribution in [1.82, 2.24) is 0 Å². The molecule has 0 aromatic heterocycles. The van der Waals surface area contributed by atoms with E-state index in [9.17, 15) is 13.5 Å². The lowest BCUT2D eigenvalue weighted by Crippen LogP contribution is -2.49. The Kier molecular flexibility index (Phi) is 5.94. The monoisotopic (exact) mass is 343 g/mol. The van der Waals surface area contributed by atoms with Crippen molar-refractivity contribution in [1.29, 1.82) is 0 Å². The third-order valence-electron chi connectivity index (χ3n) is 3.14. The number of rotatable bonds is 6. The molecule has 23 heavy (non-hydrogen) atoms. The topological polar surface area (TPSA) is 131 Å². The second-order valence-corrected chi connectivity index (χ2v) is 6.60. The molecule has 2 unspecified atom stereocenters. The normalized spacial score (nSPS) is 26.3. The van der Waals surface area contributed by atoms with Crippen molar-refractivity contribution >= 4 is 10.1 Å². The van der Waals surface area contributed by atoms with Crippen LogP contribution in [-0.4, -0.2) is 51.2 Å². The first-order valence-corrected chi connectivity index (χ1v) is 8.61. The third-order valence-corrected chi connectivity index (χ3v) is 3.74. The van der Waals surface area contributed by atoms with Gasteiger partial charge in [0.25, 0.3) is 10.1 Å². The highest BCUT2D eigenvalue weighted by molar-refractivity contribution is 7.86. The van der Waals surface area contributed by atoms with Gasteiger partial charge in [-0.15, -0.1) is 0 Å². The predicted molar refractivity (Wildman–Crippen MR) is 79.7 cm³/mol. The summed E-state index contributed by atoms with van der Waals surface area (Å²) in [6.45, 7) is -0.364. The molecule has 1 saturated heterocycles. The summed E-state index contributed by atoms with van der Waals surface area (Å²) in [5.74, 6) is 0. The van der Waals surface area contributed by atoms with Crippen LogP contribution in [0.15, 0.2) is 35.4 Å². The van der Waals surface area contributed by atoms with Gasteiger partial charge in [-0.2, -0.15) is 8.42 Å². The molecule has 2 rings (SSSR count). The van der Waals surface area contributed by atoms with E-state index in [4.69, 9.17) is 19.2 Å². The molecule has 126 valence electrons. The summed E-state index contributed by atoms with van der Waals surface area (Å²) in [6, 6.07) is 8.98. The summed E-state index contributed by atoms with van der Waals surface area (Å²) in [5.41, 5.74) is 9.15. The molecular weight excluding hydrogens is 326 g/mol. The lowest BCUT2D eigenvalue weighted by molar-refractivity contribution is -0.271. The summed E-state index contributed by atoms with van der Waals surface area (Å²) >= 11 is 0. The minimum absolute atomic E-state index is 0.0654. The van der Waals surface area contributed by atoms with Crippen molar-refractivity contribution in [3.8, 4) is 0 Å². The van der Waals surface area contributed by atoms with Gasteiger partial charge in [-0.3, -0.25) is 4.18 Å². The van der Waals surface area contributed by atoms with E-state index in [0.717, 1.165) is 6.26 Å². The zero-order valence-electron chi connectivity index (χ0n) is 12.3. The van der Waals surface area contributed by atoms with Crippen LogP contribution in [0.25, 0.3) is 10.4 Å². The third kappa shape index (κ3) is 5.17. The Morgan fingerprint density at radius 2 is 2.17 bits per heavy atom. The SMILES string of the molecule is CS(=O)(=O)O[C@H](CN=[N+]=[N-])[C@@H]1OC(c2ccccc2)OCC1O. The van der Waals surface area contributed by atoms with E-state index in [-0.39, 0.29) is 13.2 Å². The van der Waals surface area contributed by atoms with E-state index >= 15 is 0 Å². The van der Waals surface area contributed by atoms with E-state index in [1.165, 1.54) is 0 Å². The molecule has 10 heteroatoms. The fraction of sp³-hybridized carbons (Fsp3) is 0.538. The molecule has 0 radical (unpaired) electrons. The molecule has 9 nitrogen and oxygen atoms in total. The molecule has 4 atom stereocenters. The van der Waals surface area contributed by atoms with Gasteiger partial charge >= 0.3 is 0 Å².